The number of esters is 1. The lowest BCUT2D eigenvalue weighted by Gasteiger charge is -2.13. The van der Waals surface area contributed by atoms with Crippen molar-refractivity contribution in [1.82, 2.24) is 10.2 Å². The lowest BCUT2D eigenvalue weighted by atomic mass is 10.2. The first-order valence-corrected chi connectivity index (χ1v) is 7.80. The molecule has 4 N–H and O–H groups in total. The number of hydrogen-bond donors (Lipinski definition) is 3. The number of carbonyl (C=O) groups excluding carboxylic acids is 3. The van der Waals surface area contributed by atoms with E-state index in [4.69, 9.17) is 10.5 Å². The van der Waals surface area contributed by atoms with E-state index in [1.165, 1.54) is 31.2 Å². The van der Waals surface area contributed by atoms with Crippen molar-refractivity contribution in [3.63, 3.8) is 0 Å². The molecule has 2 aromatic carbocycles. The van der Waals surface area contributed by atoms with Crippen LogP contribution in [0.15, 0.2) is 48.5 Å². The first kappa shape index (κ1) is 17.2. The minimum atomic E-state index is -1.03. The highest BCUT2D eigenvalue weighted by Gasteiger charge is 2.22. The Hall–Kier alpha value is -3.68. The number of primary amides is 1. The van der Waals surface area contributed by atoms with Crippen molar-refractivity contribution in [3.05, 3.63) is 59.8 Å². The topological polar surface area (TPSA) is 127 Å². The molecule has 1 heterocycles. The van der Waals surface area contributed by atoms with Crippen LogP contribution in [0.2, 0.25) is 0 Å². The Morgan fingerprint density at radius 3 is 2.50 bits per heavy atom. The molecule has 2 amide bonds. The fourth-order valence-electron chi connectivity index (χ4n) is 2.35. The molecule has 3 rings (SSSR count). The molecular weight excluding hydrogens is 336 g/mol. The maximum absolute atomic E-state index is 12.3. The van der Waals surface area contributed by atoms with Crippen molar-refractivity contribution in [2.45, 2.75) is 13.0 Å². The second-order valence-electron chi connectivity index (χ2n) is 5.60. The van der Waals surface area contributed by atoms with Crippen LogP contribution in [0.1, 0.15) is 27.8 Å². The van der Waals surface area contributed by atoms with Gasteiger partial charge in [0.2, 0.25) is 5.91 Å². The van der Waals surface area contributed by atoms with E-state index in [0.29, 0.717) is 22.2 Å². The number of anilines is 1. The summed E-state index contributed by atoms with van der Waals surface area (Å²) in [5, 5.41) is 9.90. The van der Waals surface area contributed by atoms with Crippen LogP contribution in [-0.4, -0.2) is 34.1 Å². The van der Waals surface area contributed by atoms with Crippen LogP contribution in [0.3, 0.4) is 0 Å². The van der Waals surface area contributed by atoms with Gasteiger partial charge in [-0.1, -0.05) is 18.2 Å². The van der Waals surface area contributed by atoms with Crippen molar-refractivity contribution in [3.8, 4) is 0 Å². The largest absolute Gasteiger partial charge is 0.448 e. The lowest BCUT2D eigenvalue weighted by Crippen LogP contribution is -2.30. The number of nitrogens with one attached hydrogen (secondary N) is 2. The smallest absolute Gasteiger partial charge is 0.360 e. The van der Waals surface area contributed by atoms with Crippen LogP contribution in [0.4, 0.5) is 5.69 Å². The number of amides is 2. The summed E-state index contributed by atoms with van der Waals surface area (Å²) in [6.45, 7) is 1.46. The van der Waals surface area contributed by atoms with Crippen molar-refractivity contribution < 1.29 is 19.1 Å². The SMILES string of the molecule is C[C@H](OC(=O)c1n[nH]c2ccccc12)C(=O)Nc1ccc(C(N)=O)cc1. The zero-order valence-corrected chi connectivity index (χ0v) is 13.9. The molecular formula is C18H16N4O4. The zero-order chi connectivity index (χ0) is 18.7. The number of rotatable bonds is 5. The third kappa shape index (κ3) is 3.54. The highest BCUT2D eigenvalue weighted by atomic mass is 16.5. The Kier molecular flexibility index (Phi) is 4.66. The molecule has 0 radical (unpaired) electrons. The number of nitrogens with two attached hydrogens (primary N) is 1. The van der Waals surface area contributed by atoms with Gasteiger partial charge < -0.3 is 15.8 Å². The standard InChI is InChI=1S/C18H16N4O4/c1-10(17(24)20-12-8-6-11(7-9-12)16(19)23)26-18(25)15-13-4-2-3-5-14(13)21-22-15/h2-10H,1H3,(H2,19,23)(H,20,24)(H,21,22)/t10-/m0/s1. The molecule has 0 fully saturated rings. The van der Waals surface area contributed by atoms with E-state index in [-0.39, 0.29) is 5.69 Å². The first-order valence-electron chi connectivity index (χ1n) is 7.80. The molecule has 8 heteroatoms. The molecule has 0 aliphatic carbocycles. The average Bonchev–Trinajstić information content (AvgIpc) is 3.06. The van der Waals surface area contributed by atoms with Gasteiger partial charge in [-0.05, 0) is 37.3 Å². The quantitative estimate of drug-likeness (QED) is 0.604. The van der Waals surface area contributed by atoms with Crippen LogP contribution in [0.25, 0.3) is 10.9 Å². The van der Waals surface area contributed by atoms with Crippen molar-refractivity contribution in [2.75, 3.05) is 5.32 Å². The highest BCUT2D eigenvalue weighted by Crippen LogP contribution is 2.17. The van der Waals surface area contributed by atoms with E-state index in [0.717, 1.165) is 0 Å². The molecule has 3 aromatic rings. The third-order valence-electron chi connectivity index (χ3n) is 3.75. The fourth-order valence-corrected chi connectivity index (χ4v) is 2.35. The fraction of sp³-hybridized carbons (Fsp3) is 0.111. The number of para-hydroxylation sites is 1. The normalized spacial score (nSPS) is 11.7. The zero-order valence-electron chi connectivity index (χ0n) is 13.9. The molecule has 1 aromatic heterocycles. The van der Waals surface area contributed by atoms with Gasteiger partial charge in [-0.25, -0.2) is 4.79 Å². The van der Waals surface area contributed by atoms with Gasteiger partial charge in [0.25, 0.3) is 5.91 Å². The predicted molar refractivity (Wildman–Crippen MR) is 94.6 cm³/mol. The van der Waals surface area contributed by atoms with E-state index in [9.17, 15) is 14.4 Å². The minimum Gasteiger partial charge on any atom is -0.448 e. The molecule has 0 saturated carbocycles. The highest BCUT2D eigenvalue weighted by molar-refractivity contribution is 6.03. The summed E-state index contributed by atoms with van der Waals surface area (Å²) in [7, 11) is 0. The van der Waals surface area contributed by atoms with Gasteiger partial charge >= 0.3 is 5.97 Å². The molecule has 132 valence electrons. The van der Waals surface area contributed by atoms with Crippen LogP contribution in [0, 0.1) is 0 Å². The Bertz CT molecular complexity index is 978. The molecule has 0 aliphatic heterocycles. The second-order valence-corrected chi connectivity index (χ2v) is 5.60. The molecule has 0 aliphatic rings. The van der Waals surface area contributed by atoms with E-state index in [1.54, 1.807) is 18.2 Å². The Labute approximate surface area is 148 Å². The Balaban J connectivity index is 1.65. The number of aromatic nitrogens is 2. The number of carbonyl (C=O) groups is 3. The van der Waals surface area contributed by atoms with Crippen LogP contribution in [0.5, 0.6) is 0 Å². The summed E-state index contributed by atoms with van der Waals surface area (Å²) in [5.41, 5.74) is 6.76. The van der Waals surface area contributed by atoms with Gasteiger partial charge in [0.05, 0.1) is 5.52 Å². The number of H-pyrrole nitrogens is 1. The maximum Gasteiger partial charge on any atom is 0.360 e. The summed E-state index contributed by atoms with van der Waals surface area (Å²) in [6.07, 6.45) is -1.03. The predicted octanol–water partition coefficient (Wildman–Crippen LogP) is 1.85. The van der Waals surface area contributed by atoms with Crippen LogP contribution < -0.4 is 11.1 Å². The van der Waals surface area contributed by atoms with Crippen LogP contribution in [-0.2, 0) is 9.53 Å². The summed E-state index contributed by atoms with van der Waals surface area (Å²) in [5.74, 6) is -1.77. The molecule has 0 bridgehead atoms. The van der Waals surface area contributed by atoms with Crippen molar-refractivity contribution >= 4 is 34.4 Å². The Morgan fingerprint density at radius 2 is 1.81 bits per heavy atom. The number of benzene rings is 2. The number of hydrogen-bond acceptors (Lipinski definition) is 5. The first-order chi connectivity index (χ1) is 12.5. The Morgan fingerprint density at radius 1 is 1.12 bits per heavy atom. The van der Waals surface area contributed by atoms with Gasteiger partial charge in [-0.2, -0.15) is 5.10 Å². The monoisotopic (exact) mass is 352 g/mol. The second kappa shape index (κ2) is 7.06. The summed E-state index contributed by atoms with van der Waals surface area (Å²) in [4.78, 5) is 35.5. The number of ether oxygens (including phenoxy) is 1. The molecule has 1 atom stereocenters. The van der Waals surface area contributed by atoms with Gasteiger partial charge in [0.15, 0.2) is 11.8 Å². The molecule has 0 unspecified atom stereocenters. The third-order valence-corrected chi connectivity index (χ3v) is 3.75. The maximum atomic E-state index is 12.3. The number of aromatic amines is 1. The molecule has 0 spiro atoms. The van der Waals surface area contributed by atoms with Gasteiger partial charge in [-0.3, -0.25) is 14.7 Å². The molecule has 8 nitrogen and oxygen atoms in total. The van der Waals surface area contributed by atoms with Gasteiger partial charge in [0, 0.05) is 16.6 Å². The van der Waals surface area contributed by atoms with Crippen molar-refractivity contribution in [1.29, 1.82) is 0 Å². The van der Waals surface area contributed by atoms with E-state index in [1.807, 2.05) is 6.07 Å². The van der Waals surface area contributed by atoms with E-state index >= 15 is 0 Å². The molecule has 26 heavy (non-hydrogen) atoms. The summed E-state index contributed by atoms with van der Waals surface area (Å²) >= 11 is 0. The van der Waals surface area contributed by atoms with Gasteiger partial charge in [-0.15, -0.1) is 0 Å². The van der Waals surface area contributed by atoms with Crippen LogP contribution >= 0.6 is 0 Å². The lowest BCUT2D eigenvalue weighted by molar-refractivity contribution is -0.123. The van der Waals surface area contributed by atoms with E-state index in [2.05, 4.69) is 15.5 Å². The summed E-state index contributed by atoms with van der Waals surface area (Å²) < 4.78 is 5.19. The molecule has 0 saturated heterocycles. The number of nitrogens with zero attached hydrogens (tertiary/aromatic N) is 1. The van der Waals surface area contributed by atoms with E-state index < -0.39 is 23.9 Å². The number of fused-ring (bicyclic) bond motifs is 1. The van der Waals surface area contributed by atoms with Gasteiger partial charge in [0.1, 0.15) is 0 Å². The summed E-state index contributed by atoms with van der Waals surface area (Å²) in [6, 6.07) is 13.2. The average molecular weight is 352 g/mol. The minimum absolute atomic E-state index is 0.117. The van der Waals surface area contributed by atoms with Crippen molar-refractivity contribution in [2.24, 2.45) is 5.73 Å².